The van der Waals surface area contributed by atoms with E-state index >= 15 is 0 Å². The van der Waals surface area contributed by atoms with Crippen LogP contribution in [0.15, 0.2) is 152 Å². The van der Waals surface area contributed by atoms with Crippen molar-refractivity contribution in [1.82, 2.24) is 15.0 Å². The molecule has 47 heavy (non-hydrogen) atoms. The van der Waals surface area contributed by atoms with Crippen LogP contribution in [0.5, 0.6) is 0 Å². The van der Waals surface area contributed by atoms with Gasteiger partial charge in [0, 0.05) is 40.1 Å². The van der Waals surface area contributed by atoms with E-state index in [0.717, 1.165) is 39.2 Å². The summed E-state index contributed by atoms with van der Waals surface area (Å²) in [6.07, 6.45) is 3.71. The summed E-state index contributed by atoms with van der Waals surface area (Å²) in [5, 5.41) is 4.91. The summed E-state index contributed by atoms with van der Waals surface area (Å²) in [7, 11) is 0. The zero-order valence-electron chi connectivity index (χ0n) is 26.3. The largest absolute Gasteiger partial charge is 0.264 e. The topological polar surface area (TPSA) is 38.7 Å². The monoisotopic (exact) mass is 601 g/mol. The van der Waals surface area contributed by atoms with Crippen LogP contribution < -0.4 is 0 Å². The minimum Gasteiger partial charge on any atom is -0.264 e. The van der Waals surface area contributed by atoms with Gasteiger partial charge in [0.25, 0.3) is 0 Å². The van der Waals surface area contributed by atoms with Crippen molar-refractivity contribution >= 4 is 21.5 Å². The molecular formula is C44H31N3. The van der Waals surface area contributed by atoms with Gasteiger partial charge in [0.2, 0.25) is 0 Å². The predicted octanol–water partition coefficient (Wildman–Crippen LogP) is 11.2. The lowest BCUT2D eigenvalue weighted by molar-refractivity contribution is 0.661. The maximum absolute atomic E-state index is 5.25. The molecule has 1 aliphatic carbocycles. The lowest BCUT2D eigenvalue weighted by Crippen LogP contribution is -2.14. The molecule has 0 saturated carbocycles. The molecule has 0 fully saturated rings. The highest BCUT2D eigenvalue weighted by Gasteiger charge is 2.35. The highest BCUT2D eigenvalue weighted by Crippen LogP contribution is 2.50. The number of nitrogens with zero attached hydrogens (tertiary/aromatic N) is 3. The summed E-state index contributed by atoms with van der Waals surface area (Å²) in [4.78, 5) is 14.8. The van der Waals surface area contributed by atoms with Crippen molar-refractivity contribution in [3.63, 3.8) is 0 Å². The third-order valence-corrected chi connectivity index (χ3v) is 9.77. The number of hydrogen-bond donors (Lipinski definition) is 0. The average Bonchev–Trinajstić information content (AvgIpc) is 3.36. The molecule has 222 valence electrons. The first-order valence-corrected chi connectivity index (χ1v) is 16.1. The molecule has 1 aliphatic rings. The molecule has 0 aliphatic heterocycles. The van der Waals surface area contributed by atoms with Crippen LogP contribution >= 0.6 is 0 Å². The second-order valence-corrected chi connectivity index (χ2v) is 12.9. The number of rotatable bonds is 4. The highest BCUT2D eigenvalue weighted by molar-refractivity contribution is 6.10. The van der Waals surface area contributed by atoms with E-state index in [1.165, 1.54) is 43.8 Å². The molecule has 0 bridgehead atoms. The SMILES string of the molecule is CC1(C)c2ccccc2-c2cc3ccc4ccc(-c5nc(-c6ccccc6)cc(-c6ccccc6-c6cccnc6)n5)cc4c3cc21. The summed E-state index contributed by atoms with van der Waals surface area (Å²) in [6.45, 7) is 4.68. The van der Waals surface area contributed by atoms with E-state index < -0.39 is 0 Å². The van der Waals surface area contributed by atoms with Gasteiger partial charge in [-0.15, -0.1) is 0 Å². The molecule has 3 heteroatoms. The fourth-order valence-corrected chi connectivity index (χ4v) is 7.34. The molecule has 3 nitrogen and oxygen atoms in total. The van der Waals surface area contributed by atoms with Gasteiger partial charge in [0.15, 0.2) is 5.82 Å². The molecular weight excluding hydrogens is 571 g/mol. The van der Waals surface area contributed by atoms with Gasteiger partial charge in [-0.05, 0) is 79.7 Å². The van der Waals surface area contributed by atoms with Crippen LogP contribution in [0.4, 0.5) is 0 Å². The van der Waals surface area contributed by atoms with Crippen LogP contribution in [-0.2, 0) is 5.41 Å². The summed E-state index contributed by atoms with van der Waals surface area (Å²) >= 11 is 0. The maximum Gasteiger partial charge on any atom is 0.160 e. The number of pyridine rings is 1. The minimum atomic E-state index is -0.0659. The molecule has 9 rings (SSSR count). The van der Waals surface area contributed by atoms with Crippen molar-refractivity contribution in [2.24, 2.45) is 0 Å². The summed E-state index contributed by atoms with van der Waals surface area (Å²) in [6, 6.07) is 49.7. The fraction of sp³-hybridized carbons (Fsp3) is 0.0682. The molecule has 2 heterocycles. The Kier molecular flexibility index (Phi) is 6.16. The van der Waals surface area contributed by atoms with Gasteiger partial charge in [-0.25, -0.2) is 9.97 Å². The van der Waals surface area contributed by atoms with Gasteiger partial charge in [-0.3, -0.25) is 4.98 Å². The van der Waals surface area contributed by atoms with E-state index in [9.17, 15) is 0 Å². The van der Waals surface area contributed by atoms with E-state index in [0.29, 0.717) is 5.82 Å². The number of hydrogen-bond acceptors (Lipinski definition) is 3. The molecule has 8 aromatic rings. The van der Waals surface area contributed by atoms with Gasteiger partial charge in [0.05, 0.1) is 11.4 Å². The van der Waals surface area contributed by atoms with Gasteiger partial charge >= 0.3 is 0 Å². The van der Waals surface area contributed by atoms with E-state index in [1.54, 1.807) is 6.20 Å². The Bertz CT molecular complexity index is 2480. The zero-order valence-corrected chi connectivity index (χ0v) is 26.3. The Hall–Kier alpha value is -5.93. The molecule has 0 spiro atoms. The van der Waals surface area contributed by atoms with Gasteiger partial charge in [-0.1, -0.05) is 123 Å². The van der Waals surface area contributed by atoms with Crippen molar-refractivity contribution in [3.8, 4) is 56.2 Å². The third kappa shape index (κ3) is 4.46. The van der Waals surface area contributed by atoms with E-state index in [-0.39, 0.29) is 5.41 Å². The summed E-state index contributed by atoms with van der Waals surface area (Å²) in [5.74, 6) is 0.704. The molecule has 0 radical (unpaired) electrons. The molecule has 0 amide bonds. The minimum absolute atomic E-state index is 0.0659. The van der Waals surface area contributed by atoms with Gasteiger partial charge in [0.1, 0.15) is 0 Å². The first kappa shape index (κ1) is 27.4. The zero-order chi connectivity index (χ0) is 31.5. The first-order valence-electron chi connectivity index (χ1n) is 16.1. The lowest BCUT2D eigenvalue weighted by Gasteiger charge is -2.22. The Morgan fingerprint density at radius 1 is 0.447 bits per heavy atom. The number of fused-ring (bicyclic) bond motifs is 6. The Labute approximate surface area is 274 Å². The lowest BCUT2D eigenvalue weighted by atomic mass is 9.81. The molecule has 0 N–H and O–H groups in total. The highest BCUT2D eigenvalue weighted by atomic mass is 14.9. The van der Waals surface area contributed by atoms with E-state index in [2.05, 4.69) is 146 Å². The first-order chi connectivity index (χ1) is 23.0. The second kappa shape index (κ2) is 10.6. The average molecular weight is 602 g/mol. The predicted molar refractivity (Wildman–Crippen MR) is 194 cm³/mol. The van der Waals surface area contributed by atoms with E-state index in [4.69, 9.17) is 9.97 Å². The van der Waals surface area contributed by atoms with Crippen LogP contribution in [0.25, 0.3) is 77.7 Å². The number of aromatic nitrogens is 3. The van der Waals surface area contributed by atoms with Crippen LogP contribution in [0.3, 0.4) is 0 Å². The van der Waals surface area contributed by atoms with Crippen molar-refractivity contribution < 1.29 is 0 Å². The van der Waals surface area contributed by atoms with Crippen LogP contribution in [0.2, 0.25) is 0 Å². The van der Waals surface area contributed by atoms with Crippen LogP contribution in [0, 0.1) is 0 Å². The van der Waals surface area contributed by atoms with Gasteiger partial charge in [-0.2, -0.15) is 0 Å². The maximum atomic E-state index is 5.25. The quantitative estimate of drug-likeness (QED) is 0.188. The standard InChI is InChI=1S/C44H31N3/c1-44(2)39-17-9-8-15-34(39)38-23-30-20-18-28-19-21-31(24-36(28)37(30)25-40(38)44)43-46-41(29-11-4-3-5-12-29)26-42(47-43)35-16-7-6-14-33(35)32-13-10-22-45-27-32/h3-27H,1-2H3. The fourth-order valence-electron chi connectivity index (χ4n) is 7.34. The van der Waals surface area contributed by atoms with Crippen molar-refractivity contribution in [1.29, 1.82) is 0 Å². The molecule has 2 aromatic heterocycles. The molecule has 6 aromatic carbocycles. The number of benzene rings is 6. The summed E-state index contributed by atoms with van der Waals surface area (Å²) < 4.78 is 0. The molecule has 0 atom stereocenters. The van der Waals surface area contributed by atoms with Crippen molar-refractivity contribution in [2.75, 3.05) is 0 Å². The summed E-state index contributed by atoms with van der Waals surface area (Å²) in [5.41, 5.74) is 12.4. The van der Waals surface area contributed by atoms with Crippen molar-refractivity contribution in [2.45, 2.75) is 19.3 Å². The third-order valence-electron chi connectivity index (χ3n) is 9.77. The normalized spacial score (nSPS) is 13.1. The smallest absolute Gasteiger partial charge is 0.160 e. The Balaban J connectivity index is 1.26. The Morgan fingerprint density at radius 2 is 1.13 bits per heavy atom. The molecule has 0 unspecified atom stereocenters. The second-order valence-electron chi connectivity index (χ2n) is 12.9. The van der Waals surface area contributed by atoms with Crippen LogP contribution in [0.1, 0.15) is 25.0 Å². The van der Waals surface area contributed by atoms with Gasteiger partial charge < -0.3 is 0 Å². The van der Waals surface area contributed by atoms with Crippen LogP contribution in [-0.4, -0.2) is 15.0 Å². The molecule has 0 saturated heterocycles. The van der Waals surface area contributed by atoms with E-state index in [1.807, 2.05) is 18.3 Å². The Morgan fingerprint density at radius 3 is 1.96 bits per heavy atom. The van der Waals surface area contributed by atoms with Crippen molar-refractivity contribution in [3.05, 3.63) is 163 Å².